The van der Waals surface area contributed by atoms with Gasteiger partial charge in [-0.2, -0.15) is 0 Å². The van der Waals surface area contributed by atoms with Gasteiger partial charge in [-0.3, -0.25) is 0 Å². The van der Waals surface area contributed by atoms with Crippen molar-refractivity contribution in [2.45, 2.75) is 45.5 Å². The molecule has 0 aliphatic heterocycles. The van der Waals surface area contributed by atoms with Crippen LogP contribution in [0.4, 0.5) is 4.39 Å². The second kappa shape index (κ2) is 4.78. The van der Waals surface area contributed by atoms with Crippen molar-refractivity contribution in [2.75, 3.05) is 0 Å². The molecule has 0 aliphatic carbocycles. The highest BCUT2D eigenvalue weighted by Crippen LogP contribution is 2.37. The molecule has 96 valence electrons. The third-order valence-corrected chi connectivity index (χ3v) is 7.83. The number of halogens is 1. The lowest BCUT2D eigenvalue weighted by atomic mass is 10.2. The Balaban J connectivity index is 2.74. The lowest BCUT2D eigenvalue weighted by Crippen LogP contribution is -2.40. The van der Waals surface area contributed by atoms with Crippen LogP contribution in [0.15, 0.2) is 18.2 Å². The molecule has 1 rings (SSSR count). The van der Waals surface area contributed by atoms with Crippen LogP contribution in [0.5, 0.6) is 5.75 Å². The van der Waals surface area contributed by atoms with Crippen molar-refractivity contribution in [3.8, 4) is 5.75 Å². The van der Waals surface area contributed by atoms with E-state index in [1.807, 2.05) is 0 Å². The standard InChI is InChI=1S/C13H21FO2Si/c1-13(2,3)17(4,5)16-9-10-6-11(14)8-12(15)7-10/h6-8,15H,9H2,1-5H3. The summed E-state index contributed by atoms with van der Waals surface area (Å²) in [6.07, 6.45) is 0. The van der Waals surface area contributed by atoms with Crippen LogP contribution >= 0.6 is 0 Å². The van der Waals surface area contributed by atoms with Crippen LogP contribution in [0.25, 0.3) is 0 Å². The summed E-state index contributed by atoms with van der Waals surface area (Å²) in [7, 11) is -1.83. The normalized spacial score (nSPS) is 12.8. The van der Waals surface area contributed by atoms with E-state index in [1.165, 1.54) is 12.1 Å². The number of hydrogen-bond acceptors (Lipinski definition) is 2. The SMILES string of the molecule is CC(C)(C)[Si](C)(C)OCc1cc(O)cc(F)c1. The van der Waals surface area contributed by atoms with Crippen molar-refractivity contribution >= 4 is 8.32 Å². The van der Waals surface area contributed by atoms with Crippen LogP contribution in [0.3, 0.4) is 0 Å². The molecule has 0 aromatic heterocycles. The van der Waals surface area contributed by atoms with Gasteiger partial charge in [0.1, 0.15) is 11.6 Å². The first-order valence-corrected chi connectivity index (χ1v) is 8.65. The molecule has 0 heterocycles. The predicted octanol–water partition coefficient (Wildman–Crippen LogP) is 4.05. The summed E-state index contributed by atoms with van der Waals surface area (Å²) in [4.78, 5) is 0. The fourth-order valence-corrected chi connectivity index (χ4v) is 2.16. The van der Waals surface area contributed by atoms with Gasteiger partial charge in [-0.1, -0.05) is 20.8 Å². The van der Waals surface area contributed by atoms with Crippen molar-refractivity contribution in [1.82, 2.24) is 0 Å². The van der Waals surface area contributed by atoms with E-state index in [1.54, 1.807) is 0 Å². The average Bonchev–Trinajstić information content (AvgIpc) is 2.11. The Morgan fingerprint density at radius 1 is 1.24 bits per heavy atom. The lowest BCUT2D eigenvalue weighted by molar-refractivity contribution is 0.275. The first-order valence-electron chi connectivity index (χ1n) is 5.74. The van der Waals surface area contributed by atoms with Gasteiger partial charge in [0.05, 0.1) is 6.61 Å². The largest absolute Gasteiger partial charge is 0.508 e. The zero-order valence-electron chi connectivity index (χ0n) is 11.2. The molecule has 0 bridgehead atoms. The quantitative estimate of drug-likeness (QED) is 0.827. The molecule has 0 saturated heterocycles. The van der Waals surface area contributed by atoms with Gasteiger partial charge >= 0.3 is 0 Å². The van der Waals surface area contributed by atoms with Crippen molar-refractivity contribution < 1.29 is 13.9 Å². The van der Waals surface area contributed by atoms with Gasteiger partial charge in [0.2, 0.25) is 0 Å². The molecule has 4 heteroatoms. The second-order valence-corrected chi connectivity index (χ2v) is 10.7. The fourth-order valence-electron chi connectivity index (χ4n) is 1.20. The Morgan fingerprint density at radius 3 is 2.29 bits per heavy atom. The Morgan fingerprint density at radius 2 is 1.82 bits per heavy atom. The third-order valence-electron chi connectivity index (χ3n) is 3.35. The topological polar surface area (TPSA) is 29.5 Å². The molecule has 1 aromatic rings. The second-order valence-electron chi connectivity index (χ2n) is 5.87. The van der Waals surface area contributed by atoms with Gasteiger partial charge in [-0.05, 0) is 35.8 Å². The molecule has 0 fully saturated rings. The van der Waals surface area contributed by atoms with Crippen LogP contribution < -0.4 is 0 Å². The van der Waals surface area contributed by atoms with E-state index in [0.717, 1.165) is 6.07 Å². The summed E-state index contributed by atoms with van der Waals surface area (Å²) >= 11 is 0. The van der Waals surface area contributed by atoms with Crippen molar-refractivity contribution in [3.05, 3.63) is 29.6 Å². The molecule has 17 heavy (non-hydrogen) atoms. The number of benzene rings is 1. The summed E-state index contributed by atoms with van der Waals surface area (Å²) < 4.78 is 19.0. The van der Waals surface area contributed by atoms with Gasteiger partial charge < -0.3 is 9.53 Å². The minimum Gasteiger partial charge on any atom is -0.508 e. The molecule has 0 spiro atoms. The molecule has 1 aromatic carbocycles. The van der Waals surface area contributed by atoms with Gasteiger partial charge in [0.25, 0.3) is 0 Å². The van der Waals surface area contributed by atoms with E-state index in [4.69, 9.17) is 4.43 Å². The Kier molecular flexibility index (Phi) is 3.99. The zero-order valence-corrected chi connectivity index (χ0v) is 12.2. The highest BCUT2D eigenvalue weighted by atomic mass is 28.4. The molecular weight excluding hydrogens is 235 g/mol. The molecule has 0 saturated carbocycles. The van der Waals surface area contributed by atoms with Crippen molar-refractivity contribution in [3.63, 3.8) is 0 Å². The summed E-state index contributed by atoms with van der Waals surface area (Å²) in [5.41, 5.74) is 0.673. The summed E-state index contributed by atoms with van der Waals surface area (Å²) in [5.74, 6) is -0.488. The van der Waals surface area contributed by atoms with Gasteiger partial charge in [0.15, 0.2) is 8.32 Å². The van der Waals surface area contributed by atoms with Gasteiger partial charge in [-0.25, -0.2) is 4.39 Å². The Bertz CT molecular complexity index is 377. The smallest absolute Gasteiger partial charge is 0.192 e. The van der Waals surface area contributed by atoms with E-state index in [-0.39, 0.29) is 10.8 Å². The maximum atomic E-state index is 13.1. The molecule has 1 N–H and O–H groups in total. The van der Waals surface area contributed by atoms with E-state index in [2.05, 4.69) is 33.9 Å². The first-order chi connectivity index (χ1) is 7.62. The molecular formula is C13H21FO2Si. The van der Waals surface area contributed by atoms with Gasteiger partial charge in [-0.15, -0.1) is 0 Å². The first kappa shape index (κ1) is 14.2. The predicted molar refractivity (Wildman–Crippen MR) is 70.1 cm³/mol. The fraction of sp³-hybridized carbons (Fsp3) is 0.538. The maximum absolute atomic E-state index is 13.1. The summed E-state index contributed by atoms with van der Waals surface area (Å²) in [6.45, 7) is 11.1. The van der Waals surface area contributed by atoms with E-state index in [0.29, 0.717) is 12.2 Å². The van der Waals surface area contributed by atoms with Crippen molar-refractivity contribution in [2.24, 2.45) is 0 Å². The molecule has 0 amide bonds. The summed E-state index contributed by atoms with van der Waals surface area (Å²) in [6, 6.07) is 4.03. The number of hydrogen-bond donors (Lipinski definition) is 1. The lowest BCUT2D eigenvalue weighted by Gasteiger charge is -2.36. The minimum absolute atomic E-state index is 0.0566. The molecule has 0 unspecified atom stereocenters. The molecule has 0 radical (unpaired) electrons. The minimum atomic E-state index is -1.83. The van der Waals surface area contributed by atoms with Gasteiger partial charge in [0, 0.05) is 6.07 Å². The van der Waals surface area contributed by atoms with Crippen LogP contribution in [0.1, 0.15) is 26.3 Å². The number of phenols is 1. The van der Waals surface area contributed by atoms with E-state index < -0.39 is 14.1 Å². The highest BCUT2D eigenvalue weighted by Gasteiger charge is 2.37. The van der Waals surface area contributed by atoms with Crippen molar-refractivity contribution in [1.29, 1.82) is 0 Å². The third kappa shape index (κ3) is 3.82. The Hall–Kier alpha value is -0.873. The van der Waals surface area contributed by atoms with E-state index >= 15 is 0 Å². The Labute approximate surface area is 104 Å². The number of aromatic hydroxyl groups is 1. The number of rotatable bonds is 3. The summed E-state index contributed by atoms with van der Waals surface area (Å²) in [5, 5.41) is 9.43. The molecule has 0 aliphatic rings. The molecule has 0 atom stereocenters. The highest BCUT2D eigenvalue weighted by molar-refractivity contribution is 6.74. The molecule has 2 nitrogen and oxygen atoms in total. The number of phenolic OH excluding ortho intramolecular Hbond substituents is 1. The van der Waals surface area contributed by atoms with Crippen LogP contribution in [-0.4, -0.2) is 13.4 Å². The van der Waals surface area contributed by atoms with Crippen LogP contribution in [-0.2, 0) is 11.0 Å². The monoisotopic (exact) mass is 256 g/mol. The van der Waals surface area contributed by atoms with Crippen LogP contribution in [0.2, 0.25) is 18.1 Å². The van der Waals surface area contributed by atoms with E-state index in [9.17, 15) is 9.50 Å². The average molecular weight is 256 g/mol. The zero-order chi connectivity index (χ0) is 13.3. The van der Waals surface area contributed by atoms with Crippen LogP contribution in [0, 0.1) is 5.82 Å². The maximum Gasteiger partial charge on any atom is 0.192 e.